The Morgan fingerprint density at radius 3 is 2.08 bits per heavy atom. The van der Waals surface area contributed by atoms with Gasteiger partial charge in [0.15, 0.2) is 11.2 Å². The van der Waals surface area contributed by atoms with E-state index in [-0.39, 0.29) is 46.5 Å². The number of hydrogen-bond donors (Lipinski definition) is 2. The van der Waals surface area contributed by atoms with Crippen molar-refractivity contribution >= 4 is 45.2 Å². The number of rotatable bonds is 6. The van der Waals surface area contributed by atoms with E-state index in [2.05, 4.69) is 27.5 Å². The number of carbonyl (C=O) groups excluding carboxylic acids is 2. The fourth-order valence-corrected chi connectivity index (χ4v) is 4.74. The highest BCUT2D eigenvalue weighted by Crippen LogP contribution is 2.32. The Bertz CT molecular complexity index is 1620. The molecule has 11 nitrogen and oxygen atoms in total. The van der Waals surface area contributed by atoms with Crippen LogP contribution in [0, 0.1) is 23.7 Å². The number of nitrogens with one attached hydrogen (secondary N) is 2. The molecule has 1 unspecified atom stereocenters. The van der Waals surface area contributed by atoms with Crippen molar-refractivity contribution in [3.05, 3.63) is 44.6 Å². The van der Waals surface area contributed by atoms with E-state index < -0.39 is 22.0 Å². The van der Waals surface area contributed by atoms with Crippen molar-refractivity contribution in [3.63, 3.8) is 0 Å². The predicted molar refractivity (Wildman–Crippen MR) is 139 cm³/mol. The van der Waals surface area contributed by atoms with E-state index in [1.54, 1.807) is 25.2 Å². The highest BCUT2D eigenvalue weighted by molar-refractivity contribution is 7.84. The smallest absolute Gasteiger partial charge is 0.326 e. The van der Waals surface area contributed by atoms with Gasteiger partial charge in [-0.15, -0.1) is 0 Å². The van der Waals surface area contributed by atoms with E-state index in [0.29, 0.717) is 16.9 Å². The number of hydrogen-bond acceptors (Lipinski definition) is 6. The van der Waals surface area contributed by atoms with E-state index in [1.807, 2.05) is 0 Å². The molecule has 192 valence electrons. The number of amides is 2. The summed E-state index contributed by atoms with van der Waals surface area (Å²) in [5, 5.41) is 5.94. The SMILES string of the molecule is Cn1c(=O)c2c(nc(S(C)=O)n2C)n(CC#Cc2cc(NC(=O)C3CC3)cc(NC(=O)C3CC3)c2)c1=O. The molecule has 2 fully saturated rings. The summed E-state index contributed by atoms with van der Waals surface area (Å²) in [6, 6.07) is 5.11. The van der Waals surface area contributed by atoms with Crippen molar-refractivity contribution in [1.82, 2.24) is 18.7 Å². The second-order valence-corrected chi connectivity index (χ2v) is 10.7. The van der Waals surface area contributed by atoms with E-state index >= 15 is 0 Å². The molecule has 0 spiro atoms. The van der Waals surface area contributed by atoms with Crippen LogP contribution in [0.2, 0.25) is 0 Å². The molecule has 1 atom stereocenters. The number of imidazole rings is 1. The minimum atomic E-state index is -1.47. The zero-order chi connectivity index (χ0) is 26.4. The maximum atomic E-state index is 12.9. The van der Waals surface area contributed by atoms with Crippen LogP contribution in [0.25, 0.3) is 11.2 Å². The van der Waals surface area contributed by atoms with Gasteiger partial charge in [-0.2, -0.15) is 0 Å². The molecule has 0 aliphatic heterocycles. The lowest BCUT2D eigenvalue weighted by molar-refractivity contribution is -0.118. The molecule has 0 saturated heterocycles. The van der Waals surface area contributed by atoms with E-state index in [9.17, 15) is 23.4 Å². The Morgan fingerprint density at radius 1 is 1.00 bits per heavy atom. The molecule has 2 N–H and O–H groups in total. The molecule has 2 saturated carbocycles. The van der Waals surface area contributed by atoms with Crippen molar-refractivity contribution < 1.29 is 13.8 Å². The second-order valence-electron chi connectivity index (χ2n) is 9.44. The summed E-state index contributed by atoms with van der Waals surface area (Å²) in [4.78, 5) is 54.5. The molecule has 37 heavy (non-hydrogen) atoms. The molecule has 2 aliphatic carbocycles. The first-order valence-electron chi connectivity index (χ1n) is 11.9. The zero-order valence-electron chi connectivity index (χ0n) is 20.7. The Hall–Kier alpha value is -3.98. The molecular formula is C25H26N6O5S. The number of aryl methyl sites for hydroxylation is 1. The van der Waals surface area contributed by atoms with Crippen LogP contribution in [-0.2, 0) is 41.0 Å². The molecule has 0 radical (unpaired) electrons. The Balaban J connectivity index is 1.49. The average Bonchev–Trinajstić information content (AvgIpc) is 3.75. The van der Waals surface area contributed by atoms with Crippen LogP contribution >= 0.6 is 0 Å². The normalized spacial score (nSPS) is 15.6. The molecule has 1 aromatic carbocycles. The summed E-state index contributed by atoms with van der Waals surface area (Å²) in [5.74, 6) is 5.81. The third-order valence-corrected chi connectivity index (χ3v) is 7.29. The van der Waals surface area contributed by atoms with Crippen molar-refractivity contribution in [2.24, 2.45) is 25.9 Å². The third kappa shape index (κ3) is 4.99. The van der Waals surface area contributed by atoms with Crippen LogP contribution in [0.4, 0.5) is 11.4 Å². The van der Waals surface area contributed by atoms with Crippen molar-refractivity contribution in [3.8, 4) is 11.8 Å². The van der Waals surface area contributed by atoms with Gasteiger partial charge in [-0.05, 0) is 43.9 Å². The first-order chi connectivity index (χ1) is 17.6. The van der Waals surface area contributed by atoms with E-state index in [4.69, 9.17) is 0 Å². The largest absolute Gasteiger partial charge is 0.333 e. The summed E-state index contributed by atoms with van der Waals surface area (Å²) in [7, 11) is 1.47. The lowest BCUT2D eigenvalue weighted by atomic mass is 10.1. The fraction of sp³-hybridized carbons (Fsp3) is 0.400. The van der Waals surface area contributed by atoms with Crippen LogP contribution in [0.15, 0.2) is 32.9 Å². The van der Waals surface area contributed by atoms with Crippen LogP contribution < -0.4 is 21.9 Å². The Labute approximate surface area is 214 Å². The first-order valence-corrected chi connectivity index (χ1v) is 13.4. The molecule has 2 aliphatic rings. The second kappa shape index (κ2) is 9.48. The van der Waals surface area contributed by atoms with Gasteiger partial charge in [-0.25, -0.2) is 9.78 Å². The van der Waals surface area contributed by atoms with Crippen LogP contribution in [-0.4, -0.2) is 41.0 Å². The fourth-order valence-electron chi connectivity index (χ4n) is 4.05. The van der Waals surface area contributed by atoms with Crippen LogP contribution in [0.1, 0.15) is 31.2 Å². The van der Waals surface area contributed by atoms with Crippen LogP contribution in [0.3, 0.4) is 0 Å². The van der Waals surface area contributed by atoms with Gasteiger partial charge < -0.3 is 15.2 Å². The van der Waals surface area contributed by atoms with Gasteiger partial charge in [0.2, 0.25) is 17.0 Å². The molecule has 2 amide bonds. The Kier molecular flexibility index (Phi) is 6.33. The van der Waals surface area contributed by atoms with Gasteiger partial charge >= 0.3 is 5.69 Å². The molecule has 3 aromatic rings. The standard InChI is InChI=1S/C25H26N6O5S/c1-29-19-20(28-24(29)37(3)36)31(25(35)30(2)23(19)34)10-4-5-14-11-17(26-21(32)15-6-7-15)13-18(12-14)27-22(33)16-8-9-16/h11-13,15-16H,6-10H2,1-3H3,(H,26,32)(H,27,33). The minimum absolute atomic E-state index is 0.0129. The number of aromatic nitrogens is 4. The maximum Gasteiger partial charge on any atom is 0.333 e. The quantitative estimate of drug-likeness (QED) is 0.462. The first kappa shape index (κ1) is 24.7. The van der Waals surface area contributed by atoms with Crippen molar-refractivity contribution in [1.29, 1.82) is 0 Å². The topological polar surface area (TPSA) is 137 Å². The van der Waals surface area contributed by atoms with Crippen molar-refractivity contribution in [2.45, 2.75) is 37.4 Å². The maximum absolute atomic E-state index is 12.9. The van der Waals surface area contributed by atoms with Crippen LogP contribution in [0.5, 0.6) is 0 Å². The summed E-state index contributed by atoms with van der Waals surface area (Å²) < 4.78 is 15.7. The lowest BCUT2D eigenvalue weighted by Gasteiger charge is -2.10. The number of carbonyl (C=O) groups is 2. The van der Waals surface area contributed by atoms with E-state index in [0.717, 1.165) is 30.3 Å². The monoisotopic (exact) mass is 522 g/mol. The summed E-state index contributed by atoms with van der Waals surface area (Å²) >= 11 is 0. The van der Waals surface area contributed by atoms with Gasteiger partial charge in [-0.3, -0.25) is 27.7 Å². The number of fused-ring (bicyclic) bond motifs is 1. The minimum Gasteiger partial charge on any atom is -0.326 e. The highest BCUT2D eigenvalue weighted by Gasteiger charge is 2.31. The Morgan fingerprint density at radius 2 is 1.57 bits per heavy atom. The van der Waals surface area contributed by atoms with Gasteiger partial charge in [0, 0.05) is 49.1 Å². The molecule has 12 heteroatoms. The zero-order valence-corrected chi connectivity index (χ0v) is 21.5. The average molecular weight is 523 g/mol. The lowest BCUT2D eigenvalue weighted by Crippen LogP contribution is -2.38. The molecule has 2 aromatic heterocycles. The highest BCUT2D eigenvalue weighted by atomic mass is 32.2. The summed E-state index contributed by atoms with van der Waals surface area (Å²) in [6.07, 6.45) is 4.89. The van der Waals surface area contributed by atoms with Gasteiger partial charge in [0.25, 0.3) is 5.56 Å². The third-order valence-electron chi connectivity index (χ3n) is 6.41. The molecule has 0 bridgehead atoms. The number of benzene rings is 1. The van der Waals surface area contributed by atoms with Gasteiger partial charge in [0.1, 0.15) is 0 Å². The van der Waals surface area contributed by atoms with Gasteiger partial charge in [0.05, 0.1) is 17.3 Å². The summed E-state index contributed by atoms with van der Waals surface area (Å²) in [6.45, 7) is -0.0846. The number of nitrogens with zero attached hydrogens (tertiary/aromatic N) is 4. The summed E-state index contributed by atoms with van der Waals surface area (Å²) in [5.41, 5.74) is 0.715. The molecular weight excluding hydrogens is 496 g/mol. The van der Waals surface area contributed by atoms with Gasteiger partial charge in [-0.1, -0.05) is 11.8 Å². The van der Waals surface area contributed by atoms with Crippen molar-refractivity contribution in [2.75, 3.05) is 16.9 Å². The predicted octanol–water partition coefficient (Wildman–Crippen LogP) is 0.920. The molecule has 5 rings (SSSR count). The number of anilines is 2. The van der Waals surface area contributed by atoms with E-state index in [1.165, 1.54) is 22.4 Å². The molecule has 2 heterocycles.